The molecule has 0 saturated carbocycles. The van der Waals surface area contributed by atoms with Crippen molar-refractivity contribution in [2.75, 3.05) is 13.1 Å². The molecule has 118 valence electrons. The number of rotatable bonds is 7. The van der Waals surface area contributed by atoms with Crippen molar-refractivity contribution in [1.29, 1.82) is 0 Å². The average Bonchev–Trinajstić information content (AvgIpc) is 2.42. The number of nitrogens with one attached hydrogen (secondary N) is 2. The maximum absolute atomic E-state index is 12.0. The van der Waals surface area contributed by atoms with Gasteiger partial charge in [0.05, 0.1) is 11.4 Å². The number of benzene rings is 1. The third kappa shape index (κ3) is 5.62. The van der Waals surface area contributed by atoms with Crippen LogP contribution in [0.3, 0.4) is 0 Å². The molecule has 0 spiro atoms. The van der Waals surface area contributed by atoms with Crippen LogP contribution < -0.4 is 15.8 Å². The van der Waals surface area contributed by atoms with E-state index < -0.39 is 10.0 Å². The van der Waals surface area contributed by atoms with Gasteiger partial charge in [-0.3, -0.25) is 4.79 Å². The minimum Gasteiger partial charge on any atom is -0.355 e. The predicted octanol–water partition coefficient (Wildman–Crippen LogP) is 0.849. The topological polar surface area (TPSA) is 101 Å². The van der Waals surface area contributed by atoms with Gasteiger partial charge in [0.25, 0.3) is 0 Å². The molecule has 0 fully saturated rings. The van der Waals surface area contributed by atoms with Gasteiger partial charge in [-0.05, 0) is 23.6 Å². The number of sulfonamides is 1. The first-order chi connectivity index (χ1) is 9.76. The summed E-state index contributed by atoms with van der Waals surface area (Å²) in [6.45, 7) is 4.31. The SMILES string of the molecule is CC(C)CNC(=O)CNS(=O)(=O)c1ccc(CN)c(Cl)c1. The molecule has 0 aliphatic rings. The van der Waals surface area contributed by atoms with Gasteiger partial charge in [0.1, 0.15) is 0 Å². The molecule has 1 amide bonds. The molecule has 1 rings (SSSR count). The Morgan fingerprint density at radius 3 is 2.57 bits per heavy atom. The van der Waals surface area contributed by atoms with Gasteiger partial charge in [0.15, 0.2) is 0 Å². The summed E-state index contributed by atoms with van der Waals surface area (Å²) in [6.07, 6.45) is 0. The van der Waals surface area contributed by atoms with Crippen LogP contribution >= 0.6 is 11.6 Å². The number of nitrogens with two attached hydrogens (primary N) is 1. The molecule has 1 aromatic carbocycles. The first-order valence-electron chi connectivity index (χ1n) is 6.51. The predicted molar refractivity (Wildman–Crippen MR) is 82.4 cm³/mol. The van der Waals surface area contributed by atoms with Gasteiger partial charge >= 0.3 is 0 Å². The number of hydrogen-bond donors (Lipinski definition) is 3. The van der Waals surface area contributed by atoms with Crippen molar-refractivity contribution < 1.29 is 13.2 Å². The number of carbonyl (C=O) groups excluding carboxylic acids is 1. The van der Waals surface area contributed by atoms with Gasteiger partial charge in [-0.15, -0.1) is 0 Å². The van der Waals surface area contributed by atoms with Crippen molar-refractivity contribution in [2.24, 2.45) is 11.7 Å². The van der Waals surface area contributed by atoms with Crippen molar-refractivity contribution in [1.82, 2.24) is 10.0 Å². The molecule has 4 N–H and O–H groups in total. The second-order valence-electron chi connectivity index (χ2n) is 4.98. The van der Waals surface area contributed by atoms with Crippen LogP contribution in [0.1, 0.15) is 19.4 Å². The Bertz CT molecular complexity index is 603. The molecule has 0 radical (unpaired) electrons. The van der Waals surface area contributed by atoms with Crippen molar-refractivity contribution >= 4 is 27.5 Å². The van der Waals surface area contributed by atoms with E-state index in [1.165, 1.54) is 12.1 Å². The lowest BCUT2D eigenvalue weighted by Gasteiger charge is -2.10. The largest absolute Gasteiger partial charge is 0.355 e. The van der Waals surface area contributed by atoms with E-state index in [2.05, 4.69) is 10.0 Å². The second kappa shape index (κ2) is 7.74. The zero-order valence-corrected chi connectivity index (χ0v) is 13.6. The maximum Gasteiger partial charge on any atom is 0.241 e. The number of amides is 1. The fourth-order valence-corrected chi connectivity index (χ4v) is 2.82. The van der Waals surface area contributed by atoms with Crippen LogP contribution in [-0.4, -0.2) is 27.4 Å². The Balaban J connectivity index is 2.69. The highest BCUT2D eigenvalue weighted by Crippen LogP contribution is 2.20. The quantitative estimate of drug-likeness (QED) is 0.688. The minimum absolute atomic E-state index is 0.00126. The van der Waals surface area contributed by atoms with E-state index in [0.29, 0.717) is 18.0 Å². The van der Waals surface area contributed by atoms with E-state index in [0.717, 1.165) is 0 Å². The third-order valence-electron chi connectivity index (χ3n) is 2.68. The molecule has 6 nitrogen and oxygen atoms in total. The highest BCUT2D eigenvalue weighted by Gasteiger charge is 2.16. The zero-order chi connectivity index (χ0) is 16.0. The van der Waals surface area contributed by atoms with Crippen LogP contribution in [0.4, 0.5) is 0 Å². The molecular weight excluding hydrogens is 314 g/mol. The molecule has 1 aromatic rings. The second-order valence-corrected chi connectivity index (χ2v) is 7.15. The summed E-state index contributed by atoms with van der Waals surface area (Å²) < 4.78 is 26.3. The third-order valence-corrected chi connectivity index (χ3v) is 4.44. The fraction of sp³-hybridized carbons (Fsp3) is 0.462. The number of hydrogen-bond acceptors (Lipinski definition) is 4. The molecule has 0 unspecified atom stereocenters. The molecule has 0 aromatic heterocycles. The molecule has 0 bridgehead atoms. The highest BCUT2D eigenvalue weighted by atomic mass is 35.5. The van der Waals surface area contributed by atoms with Gasteiger partial charge in [-0.25, -0.2) is 13.1 Å². The Morgan fingerprint density at radius 1 is 1.38 bits per heavy atom. The van der Waals surface area contributed by atoms with Crippen LogP contribution in [0.25, 0.3) is 0 Å². The summed E-state index contributed by atoms with van der Waals surface area (Å²) in [6, 6.07) is 4.27. The summed E-state index contributed by atoms with van der Waals surface area (Å²) in [4.78, 5) is 11.5. The average molecular weight is 334 g/mol. The maximum atomic E-state index is 12.0. The minimum atomic E-state index is -3.78. The summed E-state index contributed by atoms with van der Waals surface area (Å²) in [5.41, 5.74) is 6.12. The molecule has 0 heterocycles. The Hall–Kier alpha value is -1.15. The molecule has 0 saturated heterocycles. The molecule has 21 heavy (non-hydrogen) atoms. The van der Waals surface area contributed by atoms with Gasteiger partial charge in [-0.2, -0.15) is 0 Å². The molecule has 8 heteroatoms. The van der Waals surface area contributed by atoms with Crippen molar-refractivity contribution in [3.63, 3.8) is 0 Å². The molecular formula is C13H20ClN3O3S. The van der Waals surface area contributed by atoms with Crippen LogP contribution in [0.5, 0.6) is 0 Å². The van der Waals surface area contributed by atoms with E-state index in [-0.39, 0.29) is 28.9 Å². The van der Waals surface area contributed by atoms with Gasteiger partial charge < -0.3 is 11.1 Å². The fourth-order valence-electron chi connectivity index (χ4n) is 1.49. The van der Waals surface area contributed by atoms with Crippen LogP contribution in [0.2, 0.25) is 5.02 Å². The summed E-state index contributed by atoms with van der Waals surface area (Å²) in [5.74, 6) is -0.0786. The van der Waals surface area contributed by atoms with Gasteiger partial charge in [0.2, 0.25) is 15.9 Å². The Kier molecular flexibility index (Phi) is 6.60. The van der Waals surface area contributed by atoms with Crippen LogP contribution in [-0.2, 0) is 21.4 Å². The highest BCUT2D eigenvalue weighted by molar-refractivity contribution is 7.89. The van der Waals surface area contributed by atoms with E-state index in [4.69, 9.17) is 17.3 Å². The Labute approximate surface area is 130 Å². The summed E-state index contributed by atoms with van der Waals surface area (Å²) in [7, 11) is -3.78. The van der Waals surface area contributed by atoms with Crippen LogP contribution in [0.15, 0.2) is 23.1 Å². The molecule has 0 aliphatic carbocycles. The van der Waals surface area contributed by atoms with E-state index in [1.54, 1.807) is 6.07 Å². The van der Waals surface area contributed by atoms with E-state index in [1.807, 2.05) is 13.8 Å². The van der Waals surface area contributed by atoms with Crippen LogP contribution in [0, 0.1) is 5.92 Å². The van der Waals surface area contributed by atoms with Crippen molar-refractivity contribution in [3.8, 4) is 0 Å². The first-order valence-corrected chi connectivity index (χ1v) is 8.37. The molecule has 0 aliphatic heterocycles. The van der Waals surface area contributed by atoms with Gasteiger partial charge in [-0.1, -0.05) is 31.5 Å². The van der Waals surface area contributed by atoms with Crippen molar-refractivity contribution in [3.05, 3.63) is 28.8 Å². The smallest absolute Gasteiger partial charge is 0.241 e. The normalized spacial score (nSPS) is 11.7. The first kappa shape index (κ1) is 17.9. The lowest BCUT2D eigenvalue weighted by Crippen LogP contribution is -2.38. The molecule has 0 atom stereocenters. The summed E-state index contributed by atoms with van der Waals surface area (Å²) in [5, 5.41) is 2.91. The summed E-state index contributed by atoms with van der Waals surface area (Å²) >= 11 is 5.93. The Morgan fingerprint density at radius 2 is 2.05 bits per heavy atom. The van der Waals surface area contributed by atoms with Crippen molar-refractivity contribution in [2.45, 2.75) is 25.3 Å². The number of carbonyl (C=O) groups is 1. The van der Waals surface area contributed by atoms with E-state index >= 15 is 0 Å². The zero-order valence-electron chi connectivity index (χ0n) is 12.0. The number of halogens is 1. The van der Waals surface area contributed by atoms with E-state index in [9.17, 15) is 13.2 Å². The van der Waals surface area contributed by atoms with Gasteiger partial charge in [0, 0.05) is 18.1 Å². The standard InChI is InChI=1S/C13H20ClN3O3S/c1-9(2)7-16-13(18)8-17-21(19,20)11-4-3-10(6-15)12(14)5-11/h3-5,9,17H,6-8,15H2,1-2H3,(H,16,18). The lowest BCUT2D eigenvalue weighted by molar-refractivity contribution is -0.120. The monoisotopic (exact) mass is 333 g/mol. The lowest BCUT2D eigenvalue weighted by atomic mass is 10.2.